The quantitative estimate of drug-likeness (QED) is 0.917. The van der Waals surface area contributed by atoms with Gasteiger partial charge in [0.1, 0.15) is 5.01 Å². The largest absolute Gasteiger partial charge is 0.370 e. The Kier molecular flexibility index (Phi) is 3.67. The molecule has 1 aliphatic carbocycles. The van der Waals surface area contributed by atoms with E-state index < -0.39 is 0 Å². The van der Waals surface area contributed by atoms with E-state index in [0.717, 1.165) is 11.6 Å². The fraction of sp³-hybridized carbons (Fsp3) is 0.800. The van der Waals surface area contributed by atoms with Crippen LogP contribution < -0.4 is 5.32 Å². The van der Waals surface area contributed by atoms with Crippen LogP contribution in [0.5, 0.6) is 0 Å². The third-order valence-corrected chi connectivity index (χ3v) is 5.69. The van der Waals surface area contributed by atoms with Gasteiger partial charge in [0.05, 0.1) is 17.2 Å². The summed E-state index contributed by atoms with van der Waals surface area (Å²) in [5.41, 5.74) is 0.195. The van der Waals surface area contributed by atoms with E-state index in [2.05, 4.69) is 24.1 Å². The molecule has 0 radical (unpaired) electrons. The Morgan fingerprint density at radius 2 is 2.21 bits per heavy atom. The molecular weight excluding hydrogens is 256 g/mol. The third kappa shape index (κ3) is 2.86. The molecule has 1 spiro atoms. The van der Waals surface area contributed by atoms with Crippen molar-refractivity contribution in [2.45, 2.75) is 69.6 Å². The van der Waals surface area contributed by atoms with Gasteiger partial charge in [0, 0.05) is 18.1 Å². The number of ether oxygens (including phenoxy) is 1. The number of rotatable bonds is 4. The molecule has 1 atom stereocenters. The summed E-state index contributed by atoms with van der Waals surface area (Å²) in [6.45, 7) is 5.34. The zero-order valence-corrected chi connectivity index (χ0v) is 12.8. The Balaban J connectivity index is 1.53. The summed E-state index contributed by atoms with van der Waals surface area (Å²) in [4.78, 5) is 4.42. The molecule has 2 heterocycles. The summed E-state index contributed by atoms with van der Waals surface area (Å²) in [6.07, 6.45) is 9.99. The monoisotopic (exact) mass is 280 g/mol. The SMILES string of the molecule is CC(C)(NCC1CCC2(CCCC2)O1)c1nccs1. The minimum absolute atomic E-state index is 0.0526. The van der Waals surface area contributed by atoms with E-state index >= 15 is 0 Å². The van der Waals surface area contributed by atoms with E-state index in [0.29, 0.717) is 6.10 Å². The normalized spacial score (nSPS) is 26.3. The zero-order valence-electron chi connectivity index (χ0n) is 11.9. The summed E-state index contributed by atoms with van der Waals surface area (Å²) >= 11 is 1.72. The van der Waals surface area contributed by atoms with E-state index in [1.807, 2.05) is 11.6 Å². The second-order valence-corrected chi connectivity index (χ2v) is 7.41. The maximum Gasteiger partial charge on any atom is 0.112 e. The predicted molar refractivity (Wildman–Crippen MR) is 78.4 cm³/mol. The molecule has 0 aromatic carbocycles. The van der Waals surface area contributed by atoms with Crippen molar-refractivity contribution in [3.05, 3.63) is 16.6 Å². The van der Waals surface area contributed by atoms with Crippen LogP contribution in [0.4, 0.5) is 0 Å². The van der Waals surface area contributed by atoms with Gasteiger partial charge in [0.15, 0.2) is 0 Å². The number of thiazole rings is 1. The van der Waals surface area contributed by atoms with Gasteiger partial charge < -0.3 is 10.1 Å². The fourth-order valence-corrected chi connectivity index (χ4v) is 4.14. The van der Waals surface area contributed by atoms with Crippen molar-refractivity contribution in [1.29, 1.82) is 0 Å². The van der Waals surface area contributed by atoms with Gasteiger partial charge in [-0.25, -0.2) is 4.98 Å². The van der Waals surface area contributed by atoms with Crippen molar-refractivity contribution >= 4 is 11.3 Å². The fourth-order valence-electron chi connectivity index (χ4n) is 3.40. The number of nitrogens with zero attached hydrogens (tertiary/aromatic N) is 1. The first-order valence-corrected chi connectivity index (χ1v) is 8.31. The molecule has 1 unspecified atom stereocenters. The molecule has 3 nitrogen and oxygen atoms in total. The minimum Gasteiger partial charge on any atom is -0.370 e. The van der Waals surface area contributed by atoms with Crippen LogP contribution in [0.25, 0.3) is 0 Å². The molecule has 4 heteroatoms. The second-order valence-electron chi connectivity index (χ2n) is 6.51. The number of nitrogens with one attached hydrogen (secondary N) is 1. The molecule has 19 heavy (non-hydrogen) atoms. The minimum atomic E-state index is -0.0526. The first kappa shape index (κ1) is 13.5. The van der Waals surface area contributed by atoms with Crippen molar-refractivity contribution in [2.24, 2.45) is 0 Å². The topological polar surface area (TPSA) is 34.1 Å². The van der Waals surface area contributed by atoms with Crippen LogP contribution in [-0.2, 0) is 10.3 Å². The van der Waals surface area contributed by atoms with E-state index in [9.17, 15) is 0 Å². The zero-order chi connectivity index (χ0) is 13.3. The van der Waals surface area contributed by atoms with Crippen LogP contribution >= 0.6 is 11.3 Å². The number of aromatic nitrogens is 1. The lowest BCUT2D eigenvalue weighted by atomic mass is 9.98. The van der Waals surface area contributed by atoms with Crippen molar-refractivity contribution < 1.29 is 4.74 Å². The van der Waals surface area contributed by atoms with Crippen LogP contribution in [0, 0.1) is 0 Å². The molecule has 106 valence electrons. The van der Waals surface area contributed by atoms with E-state index in [1.165, 1.54) is 38.5 Å². The maximum absolute atomic E-state index is 6.34. The van der Waals surface area contributed by atoms with Gasteiger partial charge in [0.25, 0.3) is 0 Å². The van der Waals surface area contributed by atoms with Gasteiger partial charge >= 0.3 is 0 Å². The second kappa shape index (κ2) is 5.15. The van der Waals surface area contributed by atoms with Crippen LogP contribution in [0.15, 0.2) is 11.6 Å². The highest BCUT2D eigenvalue weighted by Gasteiger charge is 2.42. The van der Waals surface area contributed by atoms with Gasteiger partial charge in [0.2, 0.25) is 0 Å². The smallest absolute Gasteiger partial charge is 0.112 e. The molecule has 3 rings (SSSR count). The Morgan fingerprint density at radius 3 is 2.89 bits per heavy atom. The molecule has 2 fully saturated rings. The highest BCUT2D eigenvalue weighted by atomic mass is 32.1. The first-order chi connectivity index (χ1) is 9.10. The van der Waals surface area contributed by atoms with Gasteiger partial charge in [-0.05, 0) is 39.5 Å². The summed E-state index contributed by atoms with van der Waals surface area (Å²) in [7, 11) is 0. The van der Waals surface area contributed by atoms with Gasteiger partial charge in [-0.15, -0.1) is 11.3 Å². The molecular formula is C15H24N2OS. The lowest BCUT2D eigenvalue weighted by molar-refractivity contribution is -0.0371. The third-order valence-electron chi connectivity index (χ3n) is 4.59. The molecule has 0 bridgehead atoms. The summed E-state index contributed by atoms with van der Waals surface area (Å²) < 4.78 is 6.34. The molecule has 1 saturated heterocycles. The molecule has 1 aliphatic heterocycles. The first-order valence-electron chi connectivity index (χ1n) is 7.43. The van der Waals surface area contributed by atoms with Crippen LogP contribution in [0.3, 0.4) is 0 Å². The molecule has 1 aromatic heterocycles. The van der Waals surface area contributed by atoms with Crippen molar-refractivity contribution in [2.75, 3.05) is 6.54 Å². The van der Waals surface area contributed by atoms with E-state index in [4.69, 9.17) is 4.74 Å². The van der Waals surface area contributed by atoms with Gasteiger partial charge in [-0.3, -0.25) is 0 Å². The summed E-state index contributed by atoms with van der Waals surface area (Å²) in [6, 6.07) is 0. The molecule has 1 N–H and O–H groups in total. The Hall–Kier alpha value is -0.450. The highest BCUT2D eigenvalue weighted by Crippen LogP contribution is 2.43. The maximum atomic E-state index is 6.34. The average molecular weight is 280 g/mol. The Labute approximate surface area is 119 Å². The molecule has 0 amide bonds. The van der Waals surface area contributed by atoms with Gasteiger partial charge in [-0.2, -0.15) is 0 Å². The number of hydrogen-bond acceptors (Lipinski definition) is 4. The lowest BCUT2D eigenvalue weighted by Gasteiger charge is -2.28. The van der Waals surface area contributed by atoms with E-state index in [-0.39, 0.29) is 11.1 Å². The molecule has 1 aromatic rings. The standard InChI is InChI=1S/C15H24N2OS/c1-14(2,13-16-9-10-19-13)17-11-12-5-8-15(18-12)6-3-4-7-15/h9-10,12,17H,3-8,11H2,1-2H3. The molecule has 2 aliphatic rings. The summed E-state index contributed by atoms with van der Waals surface area (Å²) in [5, 5.41) is 6.83. The lowest BCUT2D eigenvalue weighted by Crippen LogP contribution is -2.41. The predicted octanol–water partition coefficient (Wildman–Crippen LogP) is 3.46. The van der Waals surface area contributed by atoms with Crippen molar-refractivity contribution in [1.82, 2.24) is 10.3 Å². The summed E-state index contributed by atoms with van der Waals surface area (Å²) in [5.74, 6) is 0. The van der Waals surface area contributed by atoms with Crippen LogP contribution in [-0.4, -0.2) is 23.2 Å². The molecule has 1 saturated carbocycles. The number of hydrogen-bond donors (Lipinski definition) is 1. The Bertz CT molecular complexity index is 410. The van der Waals surface area contributed by atoms with Gasteiger partial charge in [-0.1, -0.05) is 12.8 Å². The van der Waals surface area contributed by atoms with Crippen molar-refractivity contribution in [3.63, 3.8) is 0 Å². The van der Waals surface area contributed by atoms with E-state index in [1.54, 1.807) is 11.3 Å². The highest BCUT2D eigenvalue weighted by molar-refractivity contribution is 7.09. The van der Waals surface area contributed by atoms with Crippen molar-refractivity contribution in [3.8, 4) is 0 Å². The van der Waals surface area contributed by atoms with Crippen LogP contribution in [0.2, 0.25) is 0 Å². The van der Waals surface area contributed by atoms with Crippen LogP contribution in [0.1, 0.15) is 57.4 Å². The Morgan fingerprint density at radius 1 is 1.42 bits per heavy atom. The average Bonchev–Trinajstić information content (AvgIpc) is 3.10.